The van der Waals surface area contributed by atoms with E-state index in [1.54, 1.807) is 6.07 Å². The fourth-order valence-corrected chi connectivity index (χ4v) is 5.20. The Morgan fingerprint density at radius 3 is 2.95 bits per heavy atom. The Labute approximate surface area is 216 Å². The van der Waals surface area contributed by atoms with Crippen molar-refractivity contribution in [3.05, 3.63) is 47.9 Å². The number of rotatable bonds is 10. The van der Waals surface area contributed by atoms with Crippen LogP contribution in [-0.4, -0.2) is 68.8 Å². The number of hydrogen-bond donors (Lipinski definition) is 4. The number of aromatic hydroxyl groups is 1. The van der Waals surface area contributed by atoms with Gasteiger partial charge in [0.1, 0.15) is 17.0 Å². The molecular weight excluding hydrogens is 472 g/mol. The minimum Gasteiger partial charge on any atom is -0.506 e. The second-order valence-corrected chi connectivity index (χ2v) is 9.93. The van der Waals surface area contributed by atoms with Gasteiger partial charge in [-0.05, 0) is 81.9 Å². The number of aryl methyl sites for hydroxylation is 1. The highest BCUT2D eigenvalue weighted by atomic mass is 16.5. The maximum atomic E-state index is 11.6. The van der Waals surface area contributed by atoms with Crippen LogP contribution in [0.3, 0.4) is 0 Å². The molecule has 1 aromatic heterocycles. The number of nitrogens with zero attached hydrogens (tertiary/aromatic N) is 4. The topological polar surface area (TPSA) is 125 Å². The number of ether oxygens (including phenoxy) is 1. The Morgan fingerprint density at radius 2 is 2.11 bits per heavy atom. The molecule has 5 rings (SSSR count). The number of aliphatic hydroxyl groups is 1. The van der Waals surface area contributed by atoms with Crippen LogP contribution in [0.4, 0.5) is 5.69 Å². The Bertz CT molecular complexity index is 1240. The Balaban J connectivity index is 1.13. The van der Waals surface area contributed by atoms with Crippen molar-refractivity contribution < 1.29 is 19.7 Å². The number of phenols is 1. The van der Waals surface area contributed by atoms with E-state index in [9.17, 15) is 15.0 Å². The van der Waals surface area contributed by atoms with E-state index in [4.69, 9.17) is 4.74 Å². The normalized spacial score (nSPS) is 17.0. The quantitative estimate of drug-likeness (QED) is 0.309. The second-order valence-electron chi connectivity index (χ2n) is 9.93. The maximum Gasteiger partial charge on any atom is 0.262 e. The number of fused-ring (bicyclic) bond motifs is 2. The molecule has 2 aromatic carbocycles. The van der Waals surface area contributed by atoms with Crippen LogP contribution in [0.25, 0.3) is 11.0 Å². The molecule has 0 saturated heterocycles. The van der Waals surface area contributed by atoms with Crippen LogP contribution >= 0.6 is 0 Å². The van der Waals surface area contributed by atoms with Crippen LogP contribution < -0.4 is 15.4 Å². The number of phenolic OH excluding ortho intramolecular Hbond substituents is 1. The predicted molar refractivity (Wildman–Crippen MR) is 140 cm³/mol. The minimum absolute atomic E-state index is 0.0941. The number of anilines is 1. The summed E-state index contributed by atoms with van der Waals surface area (Å²) in [6.07, 6.45) is 7.54. The van der Waals surface area contributed by atoms with Crippen LogP contribution in [0.15, 0.2) is 30.3 Å². The van der Waals surface area contributed by atoms with E-state index in [-0.39, 0.29) is 30.5 Å². The summed E-state index contributed by atoms with van der Waals surface area (Å²) >= 11 is 0. The van der Waals surface area contributed by atoms with Crippen LogP contribution in [0.1, 0.15) is 49.3 Å². The molecule has 197 valence electrons. The molecule has 2 heterocycles. The van der Waals surface area contributed by atoms with E-state index in [0.29, 0.717) is 23.9 Å². The summed E-state index contributed by atoms with van der Waals surface area (Å²) in [5.74, 6) is -0.135. The highest BCUT2D eigenvalue weighted by Crippen LogP contribution is 2.41. The van der Waals surface area contributed by atoms with Gasteiger partial charge in [0.05, 0.1) is 11.6 Å². The summed E-state index contributed by atoms with van der Waals surface area (Å²) in [4.78, 5) is 14.1. The molecule has 3 aromatic rings. The molecule has 1 aliphatic carbocycles. The number of nitrogens with one attached hydrogen (secondary N) is 2. The predicted octanol–water partition coefficient (Wildman–Crippen LogP) is 2.76. The van der Waals surface area contributed by atoms with Gasteiger partial charge in [-0.15, -0.1) is 5.10 Å². The Morgan fingerprint density at radius 1 is 1.27 bits per heavy atom. The fraction of sp³-hybridized carbons (Fsp3) is 0.481. The first kappa shape index (κ1) is 25.4. The SMILES string of the molecule is CN(CCCn1nnc2cc(CNC[C@@H](O)c3ccc(O)c4c3OCC(=O)N4)ccc21)C1CC[CH]CC1. The van der Waals surface area contributed by atoms with Crippen molar-refractivity contribution >= 4 is 22.6 Å². The average Bonchev–Trinajstić information content (AvgIpc) is 3.31. The van der Waals surface area contributed by atoms with E-state index in [1.807, 2.05) is 16.8 Å². The van der Waals surface area contributed by atoms with Gasteiger partial charge in [-0.25, -0.2) is 4.68 Å². The first-order valence-corrected chi connectivity index (χ1v) is 13.0. The molecule has 0 unspecified atom stereocenters. The number of aliphatic hydroxyl groups excluding tert-OH is 1. The van der Waals surface area contributed by atoms with Gasteiger partial charge in [0.2, 0.25) is 0 Å². The first-order valence-electron chi connectivity index (χ1n) is 13.0. The molecule has 0 bridgehead atoms. The lowest BCUT2D eigenvalue weighted by molar-refractivity contribution is -0.118. The molecule has 4 N–H and O–H groups in total. The van der Waals surface area contributed by atoms with E-state index < -0.39 is 6.10 Å². The number of hydrogen-bond acceptors (Lipinski definition) is 8. The van der Waals surface area contributed by atoms with Gasteiger partial charge in [0.15, 0.2) is 12.4 Å². The molecular formula is C27H35N6O4. The number of carbonyl (C=O) groups excluding carboxylic acids is 1. The Hall–Kier alpha value is -3.21. The third kappa shape index (κ3) is 5.87. The van der Waals surface area contributed by atoms with Crippen molar-refractivity contribution in [2.24, 2.45) is 0 Å². The van der Waals surface area contributed by atoms with Crippen molar-refractivity contribution in [3.63, 3.8) is 0 Å². The lowest BCUT2D eigenvalue weighted by Crippen LogP contribution is -2.34. The molecule has 0 spiro atoms. The van der Waals surface area contributed by atoms with Crippen molar-refractivity contribution in [2.75, 3.05) is 32.1 Å². The highest BCUT2D eigenvalue weighted by molar-refractivity contribution is 5.97. The summed E-state index contributed by atoms with van der Waals surface area (Å²) in [5, 5.41) is 35.3. The largest absolute Gasteiger partial charge is 0.506 e. The zero-order valence-electron chi connectivity index (χ0n) is 21.2. The van der Waals surface area contributed by atoms with Crippen molar-refractivity contribution in [1.82, 2.24) is 25.2 Å². The molecule has 10 heteroatoms. The molecule has 2 aliphatic rings. The minimum atomic E-state index is -0.876. The third-order valence-corrected chi connectivity index (χ3v) is 7.29. The lowest BCUT2D eigenvalue weighted by atomic mass is 9.94. The molecule has 1 atom stereocenters. The molecule has 1 aliphatic heterocycles. The number of amides is 1. The zero-order valence-corrected chi connectivity index (χ0v) is 21.2. The summed E-state index contributed by atoms with van der Waals surface area (Å²) in [6.45, 7) is 2.55. The van der Waals surface area contributed by atoms with Gasteiger partial charge in [0.25, 0.3) is 5.91 Å². The molecule has 10 nitrogen and oxygen atoms in total. The average molecular weight is 508 g/mol. The smallest absolute Gasteiger partial charge is 0.262 e. The summed E-state index contributed by atoms with van der Waals surface area (Å²) in [7, 11) is 2.23. The number of benzene rings is 2. The Kier molecular flexibility index (Phi) is 7.87. The molecule has 1 saturated carbocycles. The van der Waals surface area contributed by atoms with Crippen molar-refractivity contribution in [1.29, 1.82) is 0 Å². The van der Waals surface area contributed by atoms with Crippen LogP contribution in [0.5, 0.6) is 11.5 Å². The summed E-state index contributed by atoms with van der Waals surface area (Å²) in [6, 6.07) is 9.86. The van der Waals surface area contributed by atoms with Crippen molar-refractivity contribution in [3.8, 4) is 11.5 Å². The van der Waals surface area contributed by atoms with Crippen molar-refractivity contribution in [2.45, 2.75) is 57.3 Å². The monoisotopic (exact) mass is 507 g/mol. The lowest BCUT2D eigenvalue weighted by Gasteiger charge is -2.31. The van der Waals surface area contributed by atoms with Gasteiger partial charge >= 0.3 is 0 Å². The number of aromatic nitrogens is 3. The van der Waals surface area contributed by atoms with E-state index in [1.165, 1.54) is 31.7 Å². The van der Waals surface area contributed by atoms with Gasteiger partial charge in [-0.2, -0.15) is 0 Å². The maximum absolute atomic E-state index is 11.6. The van der Waals surface area contributed by atoms with Crippen LogP contribution in [0.2, 0.25) is 0 Å². The molecule has 1 radical (unpaired) electrons. The van der Waals surface area contributed by atoms with E-state index in [2.05, 4.69) is 45.4 Å². The zero-order chi connectivity index (χ0) is 25.8. The van der Waals surface area contributed by atoms with E-state index >= 15 is 0 Å². The molecule has 37 heavy (non-hydrogen) atoms. The fourth-order valence-electron chi connectivity index (χ4n) is 5.20. The third-order valence-electron chi connectivity index (χ3n) is 7.29. The van der Waals surface area contributed by atoms with E-state index in [0.717, 1.165) is 36.1 Å². The highest BCUT2D eigenvalue weighted by Gasteiger charge is 2.25. The first-order chi connectivity index (χ1) is 18.0. The number of carbonyl (C=O) groups is 1. The van der Waals surface area contributed by atoms with Gasteiger partial charge in [-0.1, -0.05) is 11.3 Å². The summed E-state index contributed by atoms with van der Waals surface area (Å²) < 4.78 is 7.45. The summed E-state index contributed by atoms with van der Waals surface area (Å²) in [5.41, 5.74) is 3.62. The standard InChI is InChI=1S/C27H35N6O4/c1-32(19-6-3-2-4-7-19)12-5-13-33-22-10-8-18(14-21(22)30-31-33)15-28-16-24(35)20-9-11-23(34)26-27(20)37-17-25(36)29-26/h2,8-11,14,19,24,28,34-35H,3-7,12-13,15-17H2,1H3,(H,29,36)/t24-/m1/s1. The van der Waals surface area contributed by atoms with Gasteiger partial charge in [-0.3, -0.25) is 4.79 Å². The molecule has 1 amide bonds. The van der Waals surface area contributed by atoms with Gasteiger partial charge < -0.3 is 30.5 Å². The molecule has 1 fully saturated rings. The van der Waals surface area contributed by atoms with Crippen LogP contribution in [0, 0.1) is 6.42 Å². The second kappa shape index (κ2) is 11.5. The van der Waals surface area contributed by atoms with Gasteiger partial charge in [0, 0.05) is 31.2 Å². The van der Waals surface area contributed by atoms with Crippen LogP contribution in [-0.2, 0) is 17.9 Å².